The molecule has 0 radical (unpaired) electrons. The summed E-state index contributed by atoms with van der Waals surface area (Å²) in [7, 11) is -3.83. The summed E-state index contributed by atoms with van der Waals surface area (Å²) in [4.78, 5) is 23.9. The van der Waals surface area contributed by atoms with Crippen LogP contribution in [0.3, 0.4) is 0 Å². The van der Waals surface area contributed by atoms with E-state index >= 15 is 0 Å². The number of aliphatic carboxylic acids is 1. The van der Waals surface area contributed by atoms with Crippen molar-refractivity contribution in [3.8, 4) is 0 Å². The maximum absolute atomic E-state index is 12.3. The summed E-state index contributed by atoms with van der Waals surface area (Å²) in [5, 5.41) is 13.4. The van der Waals surface area contributed by atoms with Crippen LogP contribution in [0.15, 0.2) is 39.9 Å². The molecule has 2 atom stereocenters. The summed E-state index contributed by atoms with van der Waals surface area (Å²) in [5.41, 5.74) is 2.32. The van der Waals surface area contributed by atoms with E-state index in [9.17, 15) is 23.1 Å². The molecule has 0 spiro atoms. The number of benzene rings is 1. The van der Waals surface area contributed by atoms with Crippen LogP contribution in [0.5, 0.6) is 0 Å². The Morgan fingerprint density at radius 3 is 2.38 bits per heavy atom. The number of carboxylic acids is 1. The molecule has 1 amide bonds. The van der Waals surface area contributed by atoms with E-state index in [4.69, 9.17) is 0 Å². The second kappa shape index (κ2) is 7.98. The fourth-order valence-corrected chi connectivity index (χ4v) is 4.47. The van der Waals surface area contributed by atoms with Crippen molar-refractivity contribution in [3.05, 3.63) is 52.4 Å². The molecule has 0 bridgehead atoms. The van der Waals surface area contributed by atoms with E-state index in [1.54, 1.807) is 29.6 Å². The Labute approximate surface area is 156 Å². The lowest BCUT2D eigenvalue weighted by atomic mass is 10.0. The number of rotatable bonds is 7. The van der Waals surface area contributed by atoms with Gasteiger partial charge in [0.05, 0.1) is 6.04 Å². The number of amides is 1. The van der Waals surface area contributed by atoms with Crippen molar-refractivity contribution in [2.24, 2.45) is 0 Å². The Bertz CT molecular complexity index is 907. The lowest BCUT2D eigenvalue weighted by Crippen LogP contribution is -2.47. The molecule has 0 aliphatic heterocycles. The third-order valence-corrected chi connectivity index (χ3v) is 6.82. The first-order chi connectivity index (χ1) is 12.1. The second-order valence-electron chi connectivity index (χ2n) is 5.90. The number of hydrogen-bond donors (Lipinski definition) is 3. The Morgan fingerprint density at radius 1 is 1.15 bits per heavy atom. The van der Waals surface area contributed by atoms with Crippen molar-refractivity contribution >= 4 is 33.2 Å². The molecule has 9 heteroatoms. The summed E-state index contributed by atoms with van der Waals surface area (Å²) in [6.45, 7) is 5.10. The van der Waals surface area contributed by atoms with Crippen molar-refractivity contribution in [1.29, 1.82) is 0 Å². The SMILES string of the molecule is Cc1ccc(C(NC(=O)C(C)NS(=O)(=O)c2cccs2)C(=O)O)cc1C. The summed E-state index contributed by atoms with van der Waals surface area (Å²) in [6, 6.07) is 5.70. The van der Waals surface area contributed by atoms with Crippen LogP contribution in [0.1, 0.15) is 29.7 Å². The fraction of sp³-hybridized carbons (Fsp3) is 0.294. The molecule has 2 aromatic rings. The monoisotopic (exact) mass is 396 g/mol. The van der Waals surface area contributed by atoms with Gasteiger partial charge in [-0.15, -0.1) is 11.3 Å². The largest absolute Gasteiger partial charge is 0.479 e. The zero-order valence-corrected chi connectivity index (χ0v) is 16.1. The highest BCUT2D eigenvalue weighted by Gasteiger charge is 2.28. The van der Waals surface area contributed by atoms with Gasteiger partial charge in [-0.2, -0.15) is 4.72 Å². The first kappa shape index (κ1) is 20.1. The quantitative estimate of drug-likeness (QED) is 0.662. The first-order valence-corrected chi connectivity index (χ1v) is 10.1. The van der Waals surface area contributed by atoms with Gasteiger partial charge in [0.2, 0.25) is 5.91 Å². The number of hydrogen-bond acceptors (Lipinski definition) is 5. The third-order valence-electron chi connectivity index (χ3n) is 3.88. The average Bonchev–Trinajstić information content (AvgIpc) is 3.09. The van der Waals surface area contributed by atoms with Crippen LogP contribution < -0.4 is 10.0 Å². The first-order valence-electron chi connectivity index (χ1n) is 7.78. The molecule has 7 nitrogen and oxygen atoms in total. The predicted molar refractivity (Wildman–Crippen MR) is 98.5 cm³/mol. The molecule has 0 fully saturated rings. The number of carbonyl (C=O) groups excluding carboxylic acids is 1. The maximum Gasteiger partial charge on any atom is 0.330 e. The van der Waals surface area contributed by atoms with Crippen molar-refractivity contribution in [1.82, 2.24) is 10.0 Å². The van der Waals surface area contributed by atoms with Crippen LogP contribution in [0.4, 0.5) is 0 Å². The third kappa shape index (κ3) is 4.69. The van der Waals surface area contributed by atoms with Gasteiger partial charge in [-0.3, -0.25) is 4.79 Å². The molecular weight excluding hydrogens is 376 g/mol. The molecule has 1 heterocycles. The Hall–Kier alpha value is -2.23. The predicted octanol–water partition coefficient (Wildman–Crippen LogP) is 1.97. The molecule has 1 aromatic heterocycles. The summed E-state index contributed by atoms with van der Waals surface area (Å²) in [6.07, 6.45) is 0. The molecular formula is C17H20N2O5S2. The van der Waals surface area contributed by atoms with E-state index in [-0.39, 0.29) is 4.21 Å². The lowest BCUT2D eigenvalue weighted by molar-refractivity contribution is -0.142. The van der Waals surface area contributed by atoms with E-state index in [0.29, 0.717) is 5.56 Å². The number of nitrogens with one attached hydrogen (secondary N) is 2. The van der Waals surface area contributed by atoms with Crippen LogP contribution in [0.25, 0.3) is 0 Å². The normalized spacial score (nSPS) is 13.8. The number of carboxylic acid groups (broad SMARTS) is 1. The Morgan fingerprint density at radius 2 is 1.85 bits per heavy atom. The summed E-state index contributed by atoms with van der Waals surface area (Å²) < 4.78 is 26.7. The van der Waals surface area contributed by atoms with Gasteiger partial charge >= 0.3 is 5.97 Å². The Balaban J connectivity index is 2.14. The summed E-state index contributed by atoms with van der Waals surface area (Å²) >= 11 is 1.03. The standard InChI is InChI=1S/C17H20N2O5S2/c1-10-6-7-13(9-11(10)2)15(17(21)22)18-16(20)12(3)19-26(23,24)14-5-4-8-25-14/h4-9,12,15,19H,1-3H3,(H,18,20)(H,21,22). The number of aryl methyl sites for hydroxylation is 2. The van der Waals surface area contributed by atoms with Crippen molar-refractivity contribution in [2.45, 2.75) is 37.1 Å². The molecule has 3 N–H and O–H groups in total. The van der Waals surface area contributed by atoms with Crippen LogP contribution in [-0.2, 0) is 19.6 Å². The fourth-order valence-electron chi connectivity index (χ4n) is 2.26. The van der Waals surface area contributed by atoms with Crippen molar-refractivity contribution < 1.29 is 23.1 Å². The van der Waals surface area contributed by atoms with Gasteiger partial charge in [-0.25, -0.2) is 13.2 Å². The lowest BCUT2D eigenvalue weighted by Gasteiger charge is -2.19. The number of carbonyl (C=O) groups is 2. The van der Waals surface area contributed by atoms with Gasteiger partial charge in [0, 0.05) is 0 Å². The highest BCUT2D eigenvalue weighted by Crippen LogP contribution is 2.19. The number of thiophene rings is 1. The minimum atomic E-state index is -3.83. The highest BCUT2D eigenvalue weighted by molar-refractivity contribution is 7.91. The molecule has 0 saturated carbocycles. The van der Waals surface area contributed by atoms with Gasteiger partial charge in [-0.1, -0.05) is 24.3 Å². The maximum atomic E-state index is 12.3. The molecule has 140 valence electrons. The zero-order valence-electron chi connectivity index (χ0n) is 14.5. The molecule has 0 aliphatic carbocycles. The highest BCUT2D eigenvalue weighted by atomic mass is 32.2. The van der Waals surface area contributed by atoms with Gasteiger partial charge in [0.1, 0.15) is 4.21 Å². The summed E-state index contributed by atoms with van der Waals surface area (Å²) in [5.74, 6) is -1.95. The molecule has 2 unspecified atom stereocenters. The molecule has 1 aromatic carbocycles. The van der Waals surface area contributed by atoms with Crippen LogP contribution >= 0.6 is 11.3 Å². The Kier molecular flexibility index (Phi) is 6.17. The zero-order chi connectivity index (χ0) is 19.5. The molecule has 26 heavy (non-hydrogen) atoms. The van der Waals surface area contributed by atoms with Crippen LogP contribution in [0.2, 0.25) is 0 Å². The van der Waals surface area contributed by atoms with Crippen LogP contribution in [0, 0.1) is 13.8 Å². The van der Waals surface area contributed by atoms with E-state index in [2.05, 4.69) is 10.0 Å². The topological polar surface area (TPSA) is 113 Å². The van der Waals surface area contributed by atoms with Gasteiger partial charge in [-0.05, 0) is 48.9 Å². The minimum absolute atomic E-state index is 0.0843. The van der Waals surface area contributed by atoms with Gasteiger partial charge in [0.15, 0.2) is 6.04 Å². The van der Waals surface area contributed by atoms with Crippen molar-refractivity contribution in [3.63, 3.8) is 0 Å². The number of sulfonamides is 1. The average molecular weight is 396 g/mol. The molecule has 0 saturated heterocycles. The molecule has 2 rings (SSSR count). The molecule has 0 aliphatic rings. The van der Waals surface area contributed by atoms with E-state index in [1.807, 2.05) is 13.8 Å². The second-order valence-corrected chi connectivity index (χ2v) is 8.79. The van der Waals surface area contributed by atoms with Gasteiger partial charge < -0.3 is 10.4 Å². The van der Waals surface area contributed by atoms with E-state index < -0.39 is 34.0 Å². The van der Waals surface area contributed by atoms with E-state index in [0.717, 1.165) is 22.5 Å². The van der Waals surface area contributed by atoms with Crippen LogP contribution in [-0.4, -0.2) is 31.4 Å². The smallest absolute Gasteiger partial charge is 0.330 e. The van der Waals surface area contributed by atoms with E-state index in [1.165, 1.54) is 13.0 Å². The minimum Gasteiger partial charge on any atom is -0.479 e. The van der Waals surface area contributed by atoms with Crippen molar-refractivity contribution in [2.75, 3.05) is 0 Å². The van der Waals surface area contributed by atoms with Gasteiger partial charge in [0.25, 0.3) is 10.0 Å².